The van der Waals surface area contributed by atoms with E-state index in [0.29, 0.717) is 36.7 Å². The van der Waals surface area contributed by atoms with E-state index in [2.05, 4.69) is 5.16 Å². The first kappa shape index (κ1) is 15.7. The molecule has 0 spiro atoms. The Morgan fingerprint density at radius 2 is 2.04 bits per heavy atom. The molecule has 1 aliphatic heterocycles. The normalized spacial score (nSPS) is 18.4. The molecule has 1 aromatic carbocycles. The van der Waals surface area contributed by atoms with Crippen molar-refractivity contribution in [3.8, 4) is 0 Å². The lowest BCUT2D eigenvalue weighted by Gasteiger charge is -2.33. The topological polar surface area (TPSA) is 55.6 Å². The van der Waals surface area contributed by atoms with Gasteiger partial charge < -0.3 is 14.2 Å². The van der Waals surface area contributed by atoms with Gasteiger partial charge in [0.05, 0.1) is 18.8 Å². The fraction of sp³-hybridized carbons (Fsp3) is 0.444. The van der Waals surface area contributed by atoms with Crippen molar-refractivity contribution < 1.29 is 14.1 Å². The van der Waals surface area contributed by atoms with Crippen LogP contribution in [0.3, 0.4) is 0 Å². The number of rotatable bonds is 3. The lowest BCUT2D eigenvalue weighted by molar-refractivity contribution is -0.0229. The Morgan fingerprint density at radius 1 is 1.30 bits per heavy atom. The van der Waals surface area contributed by atoms with Gasteiger partial charge in [-0.05, 0) is 12.5 Å². The zero-order chi connectivity index (χ0) is 16.4. The van der Waals surface area contributed by atoms with E-state index in [-0.39, 0.29) is 17.9 Å². The number of amides is 1. The molecule has 1 aliphatic rings. The largest absolute Gasteiger partial charge is 0.370 e. The molecule has 1 atom stereocenters. The zero-order valence-electron chi connectivity index (χ0n) is 13.8. The van der Waals surface area contributed by atoms with E-state index in [1.165, 1.54) is 0 Å². The molecule has 5 heteroatoms. The Kier molecular flexibility index (Phi) is 4.48. The molecule has 122 valence electrons. The lowest BCUT2D eigenvalue weighted by atomic mass is 10.0. The Labute approximate surface area is 136 Å². The summed E-state index contributed by atoms with van der Waals surface area (Å²) >= 11 is 0. The molecule has 2 aromatic rings. The van der Waals surface area contributed by atoms with Crippen LogP contribution in [0.1, 0.15) is 53.2 Å². The second kappa shape index (κ2) is 6.54. The fourth-order valence-corrected chi connectivity index (χ4v) is 2.90. The molecule has 0 radical (unpaired) electrons. The van der Waals surface area contributed by atoms with E-state index in [1.807, 2.05) is 56.0 Å². The maximum Gasteiger partial charge on any atom is 0.259 e. The smallest absolute Gasteiger partial charge is 0.259 e. The van der Waals surface area contributed by atoms with Crippen molar-refractivity contribution in [1.29, 1.82) is 0 Å². The molecule has 1 amide bonds. The highest BCUT2D eigenvalue weighted by atomic mass is 16.5. The van der Waals surface area contributed by atoms with Crippen molar-refractivity contribution >= 4 is 5.91 Å². The summed E-state index contributed by atoms with van der Waals surface area (Å²) in [5.74, 6) is 0.771. The molecule has 1 saturated heterocycles. The minimum atomic E-state index is -0.0865. The van der Waals surface area contributed by atoms with E-state index >= 15 is 0 Å². The van der Waals surface area contributed by atoms with Gasteiger partial charge in [0.15, 0.2) is 5.76 Å². The Hall–Kier alpha value is -2.14. The first-order valence-corrected chi connectivity index (χ1v) is 8.00. The van der Waals surface area contributed by atoms with Crippen molar-refractivity contribution in [2.45, 2.75) is 32.8 Å². The first-order chi connectivity index (χ1) is 11.1. The number of hydrogen-bond acceptors (Lipinski definition) is 4. The van der Waals surface area contributed by atoms with Crippen LogP contribution in [0.15, 0.2) is 34.9 Å². The third-order valence-corrected chi connectivity index (χ3v) is 4.15. The van der Waals surface area contributed by atoms with Crippen molar-refractivity contribution in [2.24, 2.45) is 0 Å². The molecular weight excluding hydrogens is 292 g/mol. The first-order valence-electron chi connectivity index (χ1n) is 8.00. The minimum Gasteiger partial charge on any atom is -0.370 e. The molecule has 1 aromatic heterocycles. The second-order valence-corrected chi connectivity index (χ2v) is 6.18. The average Bonchev–Trinajstić information content (AvgIpc) is 2.97. The number of aromatic nitrogens is 1. The summed E-state index contributed by atoms with van der Waals surface area (Å²) in [5, 5.41) is 3.98. The molecule has 3 rings (SSSR count). The molecule has 0 aliphatic carbocycles. The molecule has 0 bridgehead atoms. The third kappa shape index (κ3) is 3.15. The number of carbonyl (C=O) groups excluding carboxylic acids is 1. The molecule has 5 nitrogen and oxygen atoms in total. The molecule has 2 heterocycles. The van der Waals surface area contributed by atoms with Gasteiger partial charge in [0.25, 0.3) is 5.91 Å². The highest BCUT2D eigenvalue weighted by Gasteiger charge is 2.31. The van der Waals surface area contributed by atoms with Crippen LogP contribution in [0.2, 0.25) is 0 Å². The van der Waals surface area contributed by atoms with Crippen LogP contribution in [0.4, 0.5) is 0 Å². The summed E-state index contributed by atoms with van der Waals surface area (Å²) in [4.78, 5) is 14.8. The van der Waals surface area contributed by atoms with Crippen molar-refractivity contribution in [3.05, 3.63) is 52.9 Å². The molecule has 1 fully saturated rings. The number of benzene rings is 1. The molecule has 0 unspecified atom stereocenters. The SMILES string of the molecule is Cc1noc(C(C)C)c1C(=O)N1CCO[C@@H](c2ccccc2)C1. The van der Waals surface area contributed by atoms with Crippen LogP contribution in [-0.2, 0) is 4.74 Å². The third-order valence-electron chi connectivity index (χ3n) is 4.15. The average molecular weight is 314 g/mol. The van der Waals surface area contributed by atoms with Gasteiger partial charge in [0.2, 0.25) is 0 Å². The maximum absolute atomic E-state index is 13.0. The van der Waals surface area contributed by atoms with E-state index in [0.717, 1.165) is 5.56 Å². The van der Waals surface area contributed by atoms with Gasteiger partial charge in [-0.3, -0.25) is 4.79 Å². The summed E-state index contributed by atoms with van der Waals surface area (Å²) in [5.41, 5.74) is 2.35. The maximum atomic E-state index is 13.0. The van der Waals surface area contributed by atoms with Crippen LogP contribution < -0.4 is 0 Å². The summed E-state index contributed by atoms with van der Waals surface area (Å²) < 4.78 is 11.2. The van der Waals surface area contributed by atoms with Gasteiger partial charge in [-0.2, -0.15) is 0 Å². The number of aryl methyl sites for hydroxylation is 1. The van der Waals surface area contributed by atoms with Gasteiger partial charge in [0.1, 0.15) is 11.7 Å². The van der Waals surface area contributed by atoms with Gasteiger partial charge in [-0.1, -0.05) is 49.3 Å². The Balaban J connectivity index is 1.82. The highest BCUT2D eigenvalue weighted by molar-refractivity contribution is 5.96. The van der Waals surface area contributed by atoms with E-state index < -0.39 is 0 Å². The van der Waals surface area contributed by atoms with E-state index in [1.54, 1.807) is 0 Å². The van der Waals surface area contributed by atoms with Crippen molar-refractivity contribution in [2.75, 3.05) is 19.7 Å². The highest BCUT2D eigenvalue weighted by Crippen LogP contribution is 2.27. The van der Waals surface area contributed by atoms with E-state index in [4.69, 9.17) is 9.26 Å². The number of ether oxygens (including phenoxy) is 1. The summed E-state index contributed by atoms with van der Waals surface area (Å²) in [7, 11) is 0. The molecule has 0 N–H and O–H groups in total. The monoisotopic (exact) mass is 314 g/mol. The fourth-order valence-electron chi connectivity index (χ4n) is 2.90. The number of hydrogen-bond donors (Lipinski definition) is 0. The summed E-state index contributed by atoms with van der Waals surface area (Å²) in [6.45, 7) is 7.49. The predicted molar refractivity (Wildman–Crippen MR) is 86.4 cm³/mol. The molecular formula is C18H22N2O3. The lowest BCUT2D eigenvalue weighted by Crippen LogP contribution is -2.42. The zero-order valence-corrected chi connectivity index (χ0v) is 13.8. The van der Waals surface area contributed by atoms with Gasteiger partial charge in [-0.15, -0.1) is 0 Å². The van der Waals surface area contributed by atoms with Gasteiger partial charge >= 0.3 is 0 Å². The Bertz CT molecular complexity index is 679. The minimum absolute atomic E-state index is 0.0170. The summed E-state index contributed by atoms with van der Waals surface area (Å²) in [6.07, 6.45) is -0.0865. The second-order valence-electron chi connectivity index (χ2n) is 6.18. The van der Waals surface area contributed by atoms with Gasteiger partial charge in [-0.25, -0.2) is 0 Å². The van der Waals surface area contributed by atoms with Crippen LogP contribution >= 0.6 is 0 Å². The van der Waals surface area contributed by atoms with E-state index in [9.17, 15) is 4.79 Å². The number of morpholine rings is 1. The quantitative estimate of drug-likeness (QED) is 0.872. The number of carbonyl (C=O) groups is 1. The van der Waals surface area contributed by atoms with Crippen LogP contribution in [0.25, 0.3) is 0 Å². The van der Waals surface area contributed by atoms with Gasteiger partial charge in [0, 0.05) is 12.5 Å². The van der Waals surface area contributed by atoms with Crippen molar-refractivity contribution in [1.82, 2.24) is 10.1 Å². The number of nitrogens with zero attached hydrogens (tertiary/aromatic N) is 2. The summed E-state index contributed by atoms with van der Waals surface area (Å²) in [6, 6.07) is 10.0. The molecule has 0 saturated carbocycles. The molecule has 23 heavy (non-hydrogen) atoms. The standard InChI is InChI=1S/C18H22N2O3/c1-12(2)17-16(13(3)19-23-17)18(21)20-9-10-22-15(11-20)14-7-5-4-6-8-14/h4-8,12,15H,9-11H2,1-3H3/t15-/m1/s1. The Morgan fingerprint density at radius 3 is 2.74 bits per heavy atom. The van der Waals surface area contributed by atoms with Crippen LogP contribution in [0.5, 0.6) is 0 Å². The van der Waals surface area contributed by atoms with Crippen LogP contribution in [0, 0.1) is 6.92 Å². The van der Waals surface area contributed by atoms with Crippen LogP contribution in [-0.4, -0.2) is 35.7 Å². The van der Waals surface area contributed by atoms with Crippen molar-refractivity contribution in [3.63, 3.8) is 0 Å². The predicted octanol–water partition coefficient (Wildman–Crippen LogP) is 3.32.